The van der Waals surface area contributed by atoms with Gasteiger partial charge in [0.05, 0.1) is 28.7 Å². The fraction of sp³-hybridized carbons (Fsp3) is 0.643. The second kappa shape index (κ2) is 5.77. The molecule has 110 valence electrons. The van der Waals surface area contributed by atoms with Crippen molar-refractivity contribution in [2.45, 2.75) is 39.4 Å². The molecule has 1 atom stereocenters. The molecule has 2 heterocycles. The van der Waals surface area contributed by atoms with Crippen LogP contribution in [0.15, 0.2) is 6.07 Å². The molecule has 2 rings (SSSR count). The highest BCUT2D eigenvalue weighted by molar-refractivity contribution is 9.09. The van der Waals surface area contributed by atoms with Gasteiger partial charge in [-0.3, -0.25) is 4.79 Å². The van der Waals surface area contributed by atoms with Crippen LogP contribution in [-0.2, 0) is 4.74 Å². The van der Waals surface area contributed by atoms with Crippen LogP contribution in [0.1, 0.15) is 35.6 Å². The van der Waals surface area contributed by atoms with E-state index >= 15 is 0 Å². The molecule has 0 N–H and O–H groups in total. The smallest absolute Gasteiger partial charge is 0.256 e. The Morgan fingerprint density at radius 2 is 2.20 bits per heavy atom. The van der Waals surface area contributed by atoms with Gasteiger partial charge in [-0.15, -0.1) is 0 Å². The first-order chi connectivity index (χ1) is 9.32. The molecule has 1 amide bonds. The minimum atomic E-state index is -0.338. The normalized spacial score (nSPS) is 21.9. The summed E-state index contributed by atoms with van der Waals surface area (Å²) >= 11 is 3.44. The predicted molar refractivity (Wildman–Crippen MR) is 80.2 cm³/mol. The van der Waals surface area contributed by atoms with Crippen LogP contribution in [-0.4, -0.2) is 51.1 Å². The Hall–Kier alpha value is -1.01. The monoisotopic (exact) mass is 341 g/mol. The number of carbonyl (C=O) groups is 1. The number of aryl methyl sites for hydroxylation is 2. The second-order valence-corrected chi connectivity index (χ2v) is 6.47. The van der Waals surface area contributed by atoms with Gasteiger partial charge in [-0.2, -0.15) is 10.2 Å². The molecule has 0 saturated carbocycles. The number of ether oxygens (including phenoxy) is 1. The highest BCUT2D eigenvalue weighted by Gasteiger charge is 2.35. The number of alkyl halides is 1. The molecule has 0 aliphatic carbocycles. The third kappa shape index (κ3) is 3.35. The summed E-state index contributed by atoms with van der Waals surface area (Å²) in [4.78, 5) is 14.6. The molecule has 1 saturated heterocycles. The molecular weight excluding hydrogens is 322 g/mol. The molecule has 1 aliphatic heterocycles. The number of aromatic nitrogens is 2. The molecule has 0 aromatic carbocycles. The van der Waals surface area contributed by atoms with E-state index in [1.54, 1.807) is 6.07 Å². The van der Waals surface area contributed by atoms with E-state index < -0.39 is 0 Å². The molecule has 1 aromatic rings. The molecule has 1 aromatic heterocycles. The number of hydrogen-bond donors (Lipinski definition) is 0. The first kappa shape index (κ1) is 15.4. The lowest BCUT2D eigenvalue weighted by Gasteiger charge is -2.42. The molecule has 5 nitrogen and oxygen atoms in total. The Morgan fingerprint density at radius 3 is 2.85 bits per heavy atom. The zero-order valence-corrected chi connectivity index (χ0v) is 13.9. The molecule has 0 spiro atoms. The van der Waals surface area contributed by atoms with E-state index in [1.165, 1.54) is 0 Å². The standard InChI is InChI=1S/C14H20BrN3O2/c1-9-5-12(10(2)17-16-9)13(19)18-7-11(6-15)20-14(3,4)8-18/h5,11H,6-8H2,1-4H3. The first-order valence-electron chi connectivity index (χ1n) is 6.66. The predicted octanol–water partition coefficient (Wildman–Crippen LogP) is 2.11. The first-order valence-corrected chi connectivity index (χ1v) is 7.78. The van der Waals surface area contributed by atoms with Gasteiger partial charge in [-0.05, 0) is 33.8 Å². The number of carbonyl (C=O) groups excluding carboxylic acids is 1. The van der Waals surface area contributed by atoms with Gasteiger partial charge in [-0.1, -0.05) is 15.9 Å². The molecule has 20 heavy (non-hydrogen) atoms. The van der Waals surface area contributed by atoms with Crippen molar-refractivity contribution in [3.63, 3.8) is 0 Å². The Bertz CT molecular complexity index is 519. The zero-order chi connectivity index (χ0) is 14.9. The lowest BCUT2D eigenvalue weighted by molar-refractivity contribution is -0.116. The number of morpholine rings is 1. The molecule has 0 bridgehead atoms. The van der Waals surface area contributed by atoms with Crippen molar-refractivity contribution in [3.8, 4) is 0 Å². The maximum atomic E-state index is 12.7. The second-order valence-electron chi connectivity index (χ2n) is 5.82. The fourth-order valence-corrected chi connectivity index (χ4v) is 2.80. The molecule has 1 aliphatic rings. The molecular formula is C14H20BrN3O2. The topological polar surface area (TPSA) is 55.3 Å². The van der Waals surface area contributed by atoms with E-state index in [0.717, 1.165) is 5.69 Å². The van der Waals surface area contributed by atoms with Crippen LogP contribution < -0.4 is 0 Å². The zero-order valence-electron chi connectivity index (χ0n) is 12.3. The summed E-state index contributed by atoms with van der Waals surface area (Å²) < 4.78 is 5.92. The molecule has 1 fully saturated rings. The molecule has 1 unspecified atom stereocenters. The van der Waals surface area contributed by atoms with E-state index in [-0.39, 0.29) is 17.6 Å². The third-order valence-electron chi connectivity index (χ3n) is 3.27. The van der Waals surface area contributed by atoms with Crippen molar-refractivity contribution in [2.24, 2.45) is 0 Å². The summed E-state index contributed by atoms with van der Waals surface area (Å²) in [5, 5.41) is 8.72. The third-order valence-corrected chi connectivity index (χ3v) is 3.99. The molecule has 0 radical (unpaired) electrons. The Labute approximate surface area is 127 Å². The van der Waals surface area contributed by atoms with E-state index in [1.807, 2.05) is 32.6 Å². The van der Waals surface area contributed by atoms with Gasteiger partial charge < -0.3 is 9.64 Å². The van der Waals surface area contributed by atoms with Crippen molar-refractivity contribution in [3.05, 3.63) is 23.0 Å². The lowest BCUT2D eigenvalue weighted by Crippen LogP contribution is -2.55. The van der Waals surface area contributed by atoms with E-state index in [4.69, 9.17) is 4.74 Å². The molecule has 6 heteroatoms. The summed E-state index contributed by atoms with van der Waals surface area (Å²) in [5.74, 6) is 0.00262. The van der Waals surface area contributed by atoms with E-state index in [0.29, 0.717) is 29.7 Å². The number of nitrogens with zero attached hydrogens (tertiary/aromatic N) is 3. The summed E-state index contributed by atoms with van der Waals surface area (Å²) in [6.07, 6.45) is 0.0129. The van der Waals surface area contributed by atoms with Crippen molar-refractivity contribution < 1.29 is 9.53 Å². The maximum Gasteiger partial charge on any atom is 0.256 e. The van der Waals surface area contributed by atoms with E-state index in [9.17, 15) is 4.79 Å². The SMILES string of the molecule is Cc1cc(C(=O)N2CC(CBr)OC(C)(C)C2)c(C)nn1. The number of hydrogen-bond acceptors (Lipinski definition) is 4. The Balaban J connectivity index is 2.25. The lowest BCUT2D eigenvalue weighted by atomic mass is 10.0. The van der Waals surface area contributed by atoms with Gasteiger partial charge in [0, 0.05) is 18.4 Å². The van der Waals surface area contributed by atoms with Gasteiger partial charge in [-0.25, -0.2) is 0 Å². The van der Waals surface area contributed by atoms with Crippen LogP contribution in [0.4, 0.5) is 0 Å². The van der Waals surface area contributed by atoms with Gasteiger partial charge in [0.1, 0.15) is 0 Å². The van der Waals surface area contributed by atoms with Crippen molar-refractivity contribution in [2.75, 3.05) is 18.4 Å². The van der Waals surface area contributed by atoms with Crippen LogP contribution >= 0.6 is 15.9 Å². The van der Waals surface area contributed by atoms with Crippen molar-refractivity contribution in [1.82, 2.24) is 15.1 Å². The minimum Gasteiger partial charge on any atom is -0.368 e. The average molecular weight is 342 g/mol. The van der Waals surface area contributed by atoms with Gasteiger partial charge in [0.15, 0.2) is 0 Å². The largest absolute Gasteiger partial charge is 0.368 e. The van der Waals surface area contributed by atoms with Gasteiger partial charge in [0.2, 0.25) is 0 Å². The highest BCUT2D eigenvalue weighted by Crippen LogP contribution is 2.24. The van der Waals surface area contributed by atoms with Gasteiger partial charge in [0.25, 0.3) is 5.91 Å². The van der Waals surface area contributed by atoms with Crippen LogP contribution in [0.3, 0.4) is 0 Å². The quantitative estimate of drug-likeness (QED) is 0.773. The van der Waals surface area contributed by atoms with Crippen molar-refractivity contribution in [1.29, 1.82) is 0 Å². The average Bonchev–Trinajstić information content (AvgIpc) is 2.38. The van der Waals surface area contributed by atoms with Crippen LogP contribution in [0.25, 0.3) is 0 Å². The highest BCUT2D eigenvalue weighted by atomic mass is 79.9. The summed E-state index contributed by atoms with van der Waals surface area (Å²) in [6.45, 7) is 8.83. The van der Waals surface area contributed by atoms with Crippen LogP contribution in [0.2, 0.25) is 0 Å². The number of halogens is 1. The summed E-state index contributed by atoms with van der Waals surface area (Å²) in [5.41, 5.74) is 1.71. The number of amides is 1. The number of rotatable bonds is 2. The van der Waals surface area contributed by atoms with Crippen molar-refractivity contribution >= 4 is 21.8 Å². The van der Waals surface area contributed by atoms with Gasteiger partial charge >= 0.3 is 0 Å². The Morgan fingerprint density at radius 1 is 1.50 bits per heavy atom. The maximum absolute atomic E-state index is 12.7. The fourth-order valence-electron chi connectivity index (χ4n) is 2.47. The van der Waals surface area contributed by atoms with Crippen LogP contribution in [0.5, 0.6) is 0 Å². The van der Waals surface area contributed by atoms with E-state index in [2.05, 4.69) is 26.1 Å². The summed E-state index contributed by atoms with van der Waals surface area (Å²) in [6, 6.07) is 1.80. The summed E-state index contributed by atoms with van der Waals surface area (Å²) in [7, 11) is 0. The van der Waals surface area contributed by atoms with Crippen LogP contribution in [0, 0.1) is 13.8 Å². The minimum absolute atomic E-state index is 0.00262. The Kier molecular flexibility index (Phi) is 4.44.